The van der Waals surface area contributed by atoms with Gasteiger partial charge >= 0.3 is 0 Å². The van der Waals surface area contributed by atoms with Crippen LogP contribution in [0, 0.1) is 24.7 Å². The van der Waals surface area contributed by atoms with Crippen LogP contribution in [-0.2, 0) is 4.74 Å². The summed E-state index contributed by atoms with van der Waals surface area (Å²) < 4.78 is 5.21. The monoisotopic (exact) mass is 163 g/mol. The van der Waals surface area contributed by atoms with Crippen molar-refractivity contribution in [1.82, 2.24) is 4.90 Å². The molecule has 0 aromatic heterocycles. The van der Waals surface area contributed by atoms with Crippen LogP contribution in [0.4, 0.5) is 0 Å². The van der Waals surface area contributed by atoms with Crippen LogP contribution in [0.2, 0.25) is 0 Å². The fourth-order valence-electron chi connectivity index (χ4n) is 1.29. The molecule has 0 aromatic rings. The van der Waals surface area contributed by atoms with Crippen molar-refractivity contribution in [2.45, 2.75) is 12.5 Å². The summed E-state index contributed by atoms with van der Waals surface area (Å²) in [5, 5.41) is 0. The lowest BCUT2D eigenvalue weighted by atomic mass is 10.2. The fourth-order valence-corrected chi connectivity index (χ4v) is 1.29. The molecule has 1 atom stereocenters. The summed E-state index contributed by atoms with van der Waals surface area (Å²) in [6.07, 6.45) is 11.2. The van der Waals surface area contributed by atoms with Crippen molar-refractivity contribution in [3.05, 3.63) is 0 Å². The van der Waals surface area contributed by atoms with Gasteiger partial charge in [0.25, 0.3) is 0 Å². The van der Waals surface area contributed by atoms with Crippen molar-refractivity contribution >= 4 is 0 Å². The molecule has 0 radical (unpaired) electrons. The Kier molecular flexibility index (Phi) is 3.67. The summed E-state index contributed by atoms with van der Waals surface area (Å²) in [4.78, 5) is 2.20. The molecule has 1 aliphatic heterocycles. The maximum Gasteiger partial charge on any atom is 0.0823 e. The molecule has 1 fully saturated rings. The highest BCUT2D eigenvalue weighted by atomic mass is 16.5. The second kappa shape index (κ2) is 4.83. The molecule has 1 unspecified atom stereocenters. The Morgan fingerprint density at radius 1 is 1.33 bits per heavy atom. The molecular weight excluding hydrogens is 150 g/mol. The first-order valence-corrected chi connectivity index (χ1v) is 4.10. The number of hydrogen-bond acceptors (Lipinski definition) is 2. The molecule has 0 amide bonds. The van der Waals surface area contributed by atoms with E-state index in [-0.39, 0.29) is 6.04 Å². The lowest BCUT2D eigenvalue weighted by Gasteiger charge is -2.30. The van der Waals surface area contributed by atoms with Gasteiger partial charge in [-0.05, 0) is 0 Å². The molecule has 1 aliphatic rings. The molecule has 1 rings (SSSR count). The first-order valence-electron chi connectivity index (χ1n) is 4.10. The molecule has 2 nitrogen and oxygen atoms in total. The Labute approximate surface area is 73.9 Å². The van der Waals surface area contributed by atoms with E-state index < -0.39 is 0 Å². The van der Waals surface area contributed by atoms with Gasteiger partial charge in [0.15, 0.2) is 0 Å². The van der Waals surface area contributed by atoms with E-state index in [1.54, 1.807) is 0 Å². The van der Waals surface area contributed by atoms with Gasteiger partial charge in [-0.2, -0.15) is 0 Å². The van der Waals surface area contributed by atoms with Crippen molar-refractivity contribution in [3.63, 3.8) is 0 Å². The van der Waals surface area contributed by atoms with Gasteiger partial charge in [0.2, 0.25) is 0 Å². The molecule has 1 saturated heterocycles. The molecule has 64 valence electrons. The van der Waals surface area contributed by atoms with Crippen LogP contribution in [0.1, 0.15) is 6.42 Å². The minimum Gasteiger partial charge on any atom is -0.379 e. The minimum absolute atomic E-state index is 0.0962. The zero-order chi connectivity index (χ0) is 8.81. The molecule has 1 heterocycles. The van der Waals surface area contributed by atoms with Crippen LogP contribution >= 0.6 is 0 Å². The quantitative estimate of drug-likeness (QED) is 0.544. The van der Waals surface area contributed by atoms with Gasteiger partial charge < -0.3 is 4.74 Å². The average Bonchev–Trinajstić information content (AvgIpc) is 2.15. The average molecular weight is 163 g/mol. The Bertz CT molecular complexity index is 205. The van der Waals surface area contributed by atoms with E-state index in [0.717, 1.165) is 26.3 Å². The van der Waals surface area contributed by atoms with E-state index in [1.807, 2.05) is 0 Å². The van der Waals surface area contributed by atoms with Gasteiger partial charge in [0.05, 0.1) is 19.3 Å². The number of ether oxygens (including phenoxy) is 1. The van der Waals surface area contributed by atoms with Crippen LogP contribution in [-0.4, -0.2) is 37.2 Å². The molecule has 12 heavy (non-hydrogen) atoms. The third-order valence-corrected chi connectivity index (χ3v) is 1.99. The highest BCUT2D eigenvalue weighted by Gasteiger charge is 2.17. The van der Waals surface area contributed by atoms with E-state index in [0.29, 0.717) is 6.42 Å². The predicted octanol–water partition coefficient (Wildman–Crippen LogP) is 0.344. The van der Waals surface area contributed by atoms with Gasteiger partial charge in [-0.1, -0.05) is 5.92 Å². The Morgan fingerprint density at radius 3 is 2.50 bits per heavy atom. The summed E-state index contributed by atoms with van der Waals surface area (Å²) in [7, 11) is 0. The lowest BCUT2D eigenvalue weighted by molar-refractivity contribution is 0.0281. The second-order valence-electron chi connectivity index (χ2n) is 2.74. The van der Waals surface area contributed by atoms with Crippen LogP contribution in [0.3, 0.4) is 0 Å². The highest BCUT2D eigenvalue weighted by molar-refractivity contribution is 5.06. The van der Waals surface area contributed by atoms with Crippen LogP contribution in [0.25, 0.3) is 0 Å². The van der Waals surface area contributed by atoms with Crippen molar-refractivity contribution in [1.29, 1.82) is 0 Å². The topological polar surface area (TPSA) is 12.5 Å². The Morgan fingerprint density at radius 2 is 2.00 bits per heavy atom. The van der Waals surface area contributed by atoms with Crippen molar-refractivity contribution in [2.24, 2.45) is 0 Å². The van der Waals surface area contributed by atoms with E-state index in [4.69, 9.17) is 17.6 Å². The van der Waals surface area contributed by atoms with E-state index in [2.05, 4.69) is 16.7 Å². The standard InChI is InChI=1S/C10H13NO/c1-3-5-10(4-2)11-6-8-12-9-7-11/h1-2,10H,5-9H2. The SMILES string of the molecule is C#CCC(C#C)N1CCOCC1. The third kappa shape index (κ3) is 2.27. The molecule has 0 N–H and O–H groups in total. The van der Waals surface area contributed by atoms with Crippen LogP contribution in [0.5, 0.6) is 0 Å². The minimum atomic E-state index is 0.0962. The number of terminal acetylenes is 2. The summed E-state index contributed by atoms with van der Waals surface area (Å²) in [6.45, 7) is 3.33. The molecule has 0 aromatic carbocycles. The van der Waals surface area contributed by atoms with Crippen molar-refractivity contribution in [3.8, 4) is 24.7 Å². The molecule has 0 aliphatic carbocycles. The van der Waals surface area contributed by atoms with Crippen molar-refractivity contribution in [2.75, 3.05) is 26.3 Å². The van der Waals surface area contributed by atoms with Gasteiger partial charge in [0, 0.05) is 19.5 Å². The smallest absolute Gasteiger partial charge is 0.0823 e. The fraction of sp³-hybridized carbons (Fsp3) is 0.600. The zero-order valence-corrected chi connectivity index (χ0v) is 7.12. The Hall–Kier alpha value is -0.960. The summed E-state index contributed by atoms with van der Waals surface area (Å²) >= 11 is 0. The van der Waals surface area contributed by atoms with Crippen LogP contribution in [0.15, 0.2) is 0 Å². The largest absolute Gasteiger partial charge is 0.379 e. The van der Waals surface area contributed by atoms with Gasteiger partial charge in [0.1, 0.15) is 0 Å². The number of hydrogen-bond donors (Lipinski definition) is 0. The number of nitrogens with zero attached hydrogens (tertiary/aromatic N) is 1. The lowest BCUT2D eigenvalue weighted by Crippen LogP contribution is -2.42. The maximum absolute atomic E-state index is 5.36. The highest BCUT2D eigenvalue weighted by Crippen LogP contribution is 2.05. The number of rotatable bonds is 2. The van der Waals surface area contributed by atoms with E-state index in [1.165, 1.54) is 0 Å². The zero-order valence-electron chi connectivity index (χ0n) is 7.12. The first-order chi connectivity index (χ1) is 5.88. The van der Waals surface area contributed by atoms with Crippen LogP contribution < -0.4 is 0 Å². The van der Waals surface area contributed by atoms with Gasteiger partial charge in [-0.25, -0.2) is 0 Å². The third-order valence-electron chi connectivity index (χ3n) is 1.99. The summed E-state index contributed by atoms with van der Waals surface area (Å²) in [6, 6.07) is 0.0962. The van der Waals surface area contributed by atoms with Gasteiger partial charge in [-0.15, -0.1) is 18.8 Å². The summed E-state index contributed by atoms with van der Waals surface area (Å²) in [5.41, 5.74) is 0. The second-order valence-corrected chi connectivity index (χ2v) is 2.74. The van der Waals surface area contributed by atoms with Gasteiger partial charge in [-0.3, -0.25) is 4.90 Å². The first kappa shape index (κ1) is 9.13. The maximum atomic E-state index is 5.36. The predicted molar refractivity (Wildman–Crippen MR) is 48.5 cm³/mol. The molecular formula is C10H13NO. The van der Waals surface area contributed by atoms with E-state index >= 15 is 0 Å². The normalized spacial score (nSPS) is 20.8. The van der Waals surface area contributed by atoms with Crippen molar-refractivity contribution < 1.29 is 4.74 Å². The molecule has 0 bridgehead atoms. The molecule has 0 spiro atoms. The Balaban J connectivity index is 2.43. The molecule has 0 saturated carbocycles. The summed E-state index contributed by atoms with van der Waals surface area (Å²) in [5.74, 6) is 5.29. The van der Waals surface area contributed by atoms with E-state index in [9.17, 15) is 0 Å². The molecule has 2 heteroatoms. The number of morpholine rings is 1.